The van der Waals surface area contributed by atoms with Crippen LogP contribution in [0.3, 0.4) is 0 Å². The summed E-state index contributed by atoms with van der Waals surface area (Å²) in [5.41, 5.74) is 0. The second kappa shape index (κ2) is 6.50. The number of carbonyl (C=O) groups is 1. The van der Waals surface area contributed by atoms with E-state index in [2.05, 4.69) is 9.80 Å². The van der Waals surface area contributed by atoms with Crippen molar-refractivity contribution in [2.24, 2.45) is 0 Å². The molecule has 0 aliphatic carbocycles. The molecule has 2 fully saturated rings. The van der Waals surface area contributed by atoms with Gasteiger partial charge in [0.1, 0.15) is 5.78 Å². The second-order valence-electron chi connectivity index (χ2n) is 5.56. The predicted octanol–water partition coefficient (Wildman–Crippen LogP) is 1.92. The van der Waals surface area contributed by atoms with Crippen molar-refractivity contribution in [1.82, 2.24) is 9.80 Å². The van der Waals surface area contributed by atoms with Crippen LogP contribution in [0.1, 0.15) is 45.4 Å². The minimum Gasteiger partial charge on any atom is -0.303 e. The largest absolute Gasteiger partial charge is 0.303 e. The molecule has 3 heteroatoms. The number of ketones is 1. The molecule has 2 aliphatic heterocycles. The van der Waals surface area contributed by atoms with Gasteiger partial charge in [0, 0.05) is 6.54 Å². The molecule has 0 saturated carbocycles. The number of Topliss-reactive ketones (excluding diaryl/α,β-unsaturated/α-hetero) is 1. The van der Waals surface area contributed by atoms with E-state index in [0.717, 1.165) is 19.5 Å². The van der Waals surface area contributed by atoms with E-state index in [0.29, 0.717) is 5.78 Å². The van der Waals surface area contributed by atoms with E-state index in [9.17, 15) is 4.79 Å². The summed E-state index contributed by atoms with van der Waals surface area (Å²) < 4.78 is 0. The number of hydrogen-bond acceptors (Lipinski definition) is 3. The van der Waals surface area contributed by atoms with Crippen LogP contribution in [0.2, 0.25) is 0 Å². The van der Waals surface area contributed by atoms with Gasteiger partial charge in [-0.3, -0.25) is 9.69 Å². The van der Waals surface area contributed by atoms with Gasteiger partial charge in [-0.15, -0.1) is 0 Å². The summed E-state index contributed by atoms with van der Waals surface area (Å²) in [6, 6.07) is 0.224. The van der Waals surface area contributed by atoms with E-state index in [1.807, 2.05) is 0 Å². The molecule has 0 aromatic rings. The van der Waals surface area contributed by atoms with Crippen molar-refractivity contribution in [2.45, 2.75) is 51.5 Å². The molecule has 1 unspecified atom stereocenters. The minimum absolute atomic E-state index is 0.224. The first-order chi connectivity index (χ1) is 8.27. The lowest BCUT2D eigenvalue weighted by molar-refractivity contribution is -0.123. The van der Waals surface area contributed by atoms with E-state index in [1.54, 1.807) is 6.92 Å². The van der Waals surface area contributed by atoms with Gasteiger partial charge in [0.25, 0.3) is 0 Å². The van der Waals surface area contributed by atoms with Gasteiger partial charge in [-0.25, -0.2) is 0 Å². The van der Waals surface area contributed by atoms with E-state index in [1.165, 1.54) is 51.7 Å². The molecule has 17 heavy (non-hydrogen) atoms. The Balaban J connectivity index is 1.70. The van der Waals surface area contributed by atoms with Gasteiger partial charge in [0.15, 0.2) is 0 Å². The van der Waals surface area contributed by atoms with Crippen LogP contribution in [0.25, 0.3) is 0 Å². The predicted molar refractivity (Wildman–Crippen MR) is 70.2 cm³/mol. The molecule has 98 valence electrons. The van der Waals surface area contributed by atoms with Crippen molar-refractivity contribution < 1.29 is 4.79 Å². The Morgan fingerprint density at radius 1 is 1.06 bits per heavy atom. The van der Waals surface area contributed by atoms with Gasteiger partial charge in [-0.2, -0.15) is 0 Å². The Kier molecular flexibility index (Phi) is 4.99. The van der Waals surface area contributed by atoms with Gasteiger partial charge in [-0.1, -0.05) is 6.42 Å². The molecule has 2 heterocycles. The summed E-state index contributed by atoms with van der Waals surface area (Å²) >= 11 is 0. The van der Waals surface area contributed by atoms with E-state index < -0.39 is 0 Å². The van der Waals surface area contributed by atoms with Crippen LogP contribution in [0.5, 0.6) is 0 Å². The van der Waals surface area contributed by atoms with Crippen molar-refractivity contribution in [3.8, 4) is 0 Å². The van der Waals surface area contributed by atoms with Crippen LogP contribution >= 0.6 is 0 Å². The number of rotatable bonds is 5. The molecule has 0 N–H and O–H groups in total. The quantitative estimate of drug-likeness (QED) is 0.731. The van der Waals surface area contributed by atoms with Gasteiger partial charge in [0.05, 0.1) is 6.04 Å². The molecule has 0 aromatic heterocycles. The van der Waals surface area contributed by atoms with Crippen LogP contribution < -0.4 is 0 Å². The fourth-order valence-corrected chi connectivity index (χ4v) is 3.22. The van der Waals surface area contributed by atoms with E-state index in [-0.39, 0.29) is 6.04 Å². The average Bonchev–Trinajstić information content (AvgIpc) is 2.82. The number of piperidine rings is 1. The Bertz CT molecular complexity index is 249. The van der Waals surface area contributed by atoms with Crippen LogP contribution in [0, 0.1) is 0 Å². The van der Waals surface area contributed by atoms with Crippen molar-refractivity contribution in [2.75, 3.05) is 32.7 Å². The van der Waals surface area contributed by atoms with Gasteiger partial charge in [-0.05, 0) is 65.2 Å². The molecular formula is C14H26N2O. The molecular weight excluding hydrogens is 212 g/mol. The smallest absolute Gasteiger partial charge is 0.146 e. The highest BCUT2D eigenvalue weighted by atomic mass is 16.1. The van der Waals surface area contributed by atoms with Gasteiger partial charge < -0.3 is 4.90 Å². The lowest BCUT2D eigenvalue weighted by Crippen LogP contribution is -2.44. The molecule has 1 atom stereocenters. The maximum absolute atomic E-state index is 11.6. The third-order valence-corrected chi connectivity index (χ3v) is 4.20. The Morgan fingerprint density at radius 2 is 1.76 bits per heavy atom. The van der Waals surface area contributed by atoms with Crippen molar-refractivity contribution in [3.05, 3.63) is 0 Å². The zero-order valence-corrected chi connectivity index (χ0v) is 11.2. The molecule has 2 saturated heterocycles. The fourth-order valence-electron chi connectivity index (χ4n) is 3.22. The first-order valence-corrected chi connectivity index (χ1v) is 7.24. The third-order valence-electron chi connectivity index (χ3n) is 4.20. The van der Waals surface area contributed by atoms with E-state index in [4.69, 9.17) is 0 Å². The molecule has 0 bridgehead atoms. The van der Waals surface area contributed by atoms with Crippen molar-refractivity contribution in [3.63, 3.8) is 0 Å². The van der Waals surface area contributed by atoms with Gasteiger partial charge >= 0.3 is 0 Å². The first kappa shape index (κ1) is 13.0. The van der Waals surface area contributed by atoms with Crippen LogP contribution in [-0.4, -0.2) is 54.3 Å². The Labute approximate surface area is 105 Å². The Hall–Kier alpha value is -0.410. The molecule has 2 aliphatic rings. The highest BCUT2D eigenvalue weighted by molar-refractivity contribution is 5.81. The van der Waals surface area contributed by atoms with Crippen molar-refractivity contribution in [1.29, 1.82) is 0 Å². The summed E-state index contributed by atoms with van der Waals surface area (Å²) in [5.74, 6) is 0.367. The lowest BCUT2D eigenvalue weighted by Gasteiger charge is -2.34. The van der Waals surface area contributed by atoms with Crippen molar-refractivity contribution >= 4 is 5.78 Å². The summed E-state index contributed by atoms with van der Waals surface area (Å²) in [5, 5.41) is 0. The maximum Gasteiger partial charge on any atom is 0.146 e. The average molecular weight is 238 g/mol. The minimum atomic E-state index is 0.224. The Morgan fingerprint density at radius 3 is 2.47 bits per heavy atom. The highest BCUT2D eigenvalue weighted by Crippen LogP contribution is 2.18. The molecule has 0 radical (unpaired) electrons. The zero-order valence-electron chi connectivity index (χ0n) is 11.2. The summed E-state index contributed by atoms with van der Waals surface area (Å²) in [7, 11) is 0. The van der Waals surface area contributed by atoms with Gasteiger partial charge in [0.2, 0.25) is 0 Å². The number of hydrogen-bond donors (Lipinski definition) is 0. The van der Waals surface area contributed by atoms with E-state index >= 15 is 0 Å². The standard InChI is InChI=1S/C14H26N2O/c1-13(17)14-7-2-3-11-16(14)12-6-10-15-8-4-5-9-15/h14H,2-12H2,1H3. The molecule has 0 spiro atoms. The molecule has 2 rings (SSSR count). The molecule has 0 aromatic carbocycles. The molecule has 3 nitrogen and oxygen atoms in total. The SMILES string of the molecule is CC(=O)C1CCCCN1CCCN1CCCC1. The monoisotopic (exact) mass is 238 g/mol. The highest BCUT2D eigenvalue weighted by Gasteiger charge is 2.25. The fraction of sp³-hybridized carbons (Fsp3) is 0.929. The summed E-state index contributed by atoms with van der Waals surface area (Å²) in [4.78, 5) is 16.6. The summed E-state index contributed by atoms with van der Waals surface area (Å²) in [6.45, 7) is 7.79. The third kappa shape index (κ3) is 3.78. The summed E-state index contributed by atoms with van der Waals surface area (Å²) in [6.07, 6.45) is 7.56. The van der Waals surface area contributed by atoms with Crippen LogP contribution in [-0.2, 0) is 4.79 Å². The van der Waals surface area contributed by atoms with Crippen LogP contribution in [0.15, 0.2) is 0 Å². The first-order valence-electron chi connectivity index (χ1n) is 7.24. The zero-order chi connectivity index (χ0) is 12.1. The lowest BCUT2D eigenvalue weighted by atomic mass is 9.99. The maximum atomic E-state index is 11.6. The second-order valence-corrected chi connectivity index (χ2v) is 5.56. The number of carbonyl (C=O) groups excluding carboxylic acids is 1. The normalized spacial score (nSPS) is 27.5. The van der Waals surface area contributed by atoms with Crippen LogP contribution in [0.4, 0.5) is 0 Å². The topological polar surface area (TPSA) is 23.6 Å². The number of nitrogens with zero attached hydrogens (tertiary/aromatic N) is 2. The number of likely N-dealkylation sites (tertiary alicyclic amines) is 2. The molecule has 0 amide bonds.